The lowest BCUT2D eigenvalue weighted by Crippen LogP contribution is -2.23. The van der Waals surface area contributed by atoms with Crippen molar-refractivity contribution in [3.05, 3.63) is 88.5 Å². The van der Waals surface area contributed by atoms with Crippen LogP contribution in [0.1, 0.15) is 16.1 Å². The number of fused-ring (bicyclic) bond motifs is 1. The largest absolute Gasteiger partial charge is 0.347 e. The van der Waals surface area contributed by atoms with Crippen LogP contribution in [0.5, 0.6) is 0 Å². The molecular weight excluding hydrogens is 390 g/mol. The molecule has 128 valence electrons. The highest BCUT2D eigenvalue weighted by atomic mass is 79.9. The van der Waals surface area contributed by atoms with Crippen LogP contribution in [0.25, 0.3) is 22.0 Å². The van der Waals surface area contributed by atoms with Gasteiger partial charge in [-0.15, -0.1) is 0 Å². The first-order valence-corrected chi connectivity index (χ1v) is 9.06. The third kappa shape index (κ3) is 3.39. The lowest BCUT2D eigenvalue weighted by molar-refractivity contribution is 0.0946. The molecule has 0 unspecified atom stereocenters. The van der Waals surface area contributed by atoms with Gasteiger partial charge in [0.1, 0.15) is 5.69 Å². The zero-order valence-electron chi connectivity index (χ0n) is 13.9. The SMILES string of the molecule is O=C(NCc1ccc(Br)cc1)c1cc(-c2cccc3ccccc23)n[nH]1. The number of aromatic nitrogens is 2. The second-order valence-electron chi connectivity index (χ2n) is 6.00. The second kappa shape index (κ2) is 7.14. The summed E-state index contributed by atoms with van der Waals surface area (Å²) in [6.07, 6.45) is 0. The Bertz CT molecular complexity index is 1060. The van der Waals surface area contributed by atoms with Crippen LogP contribution in [0.2, 0.25) is 0 Å². The van der Waals surface area contributed by atoms with E-state index < -0.39 is 0 Å². The van der Waals surface area contributed by atoms with Gasteiger partial charge in [0, 0.05) is 16.6 Å². The first kappa shape index (κ1) is 16.5. The van der Waals surface area contributed by atoms with E-state index in [4.69, 9.17) is 0 Å². The third-order valence-electron chi connectivity index (χ3n) is 4.25. The van der Waals surface area contributed by atoms with Crippen molar-refractivity contribution in [1.82, 2.24) is 15.5 Å². The maximum atomic E-state index is 12.4. The van der Waals surface area contributed by atoms with Gasteiger partial charge in [0.25, 0.3) is 5.91 Å². The summed E-state index contributed by atoms with van der Waals surface area (Å²) in [6, 6.07) is 23.9. The highest BCUT2D eigenvalue weighted by Crippen LogP contribution is 2.27. The molecule has 0 saturated heterocycles. The first-order valence-electron chi connectivity index (χ1n) is 8.27. The molecule has 1 aromatic heterocycles. The monoisotopic (exact) mass is 405 g/mol. The molecule has 0 radical (unpaired) electrons. The Balaban J connectivity index is 1.53. The fourth-order valence-corrected chi connectivity index (χ4v) is 3.17. The number of rotatable bonds is 4. The van der Waals surface area contributed by atoms with Crippen LogP contribution < -0.4 is 5.32 Å². The van der Waals surface area contributed by atoms with Crippen LogP contribution in [0.4, 0.5) is 0 Å². The van der Waals surface area contributed by atoms with Gasteiger partial charge in [0.15, 0.2) is 0 Å². The number of hydrogen-bond donors (Lipinski definition) is 2. The van der Waals surface area contributed by atoms with Crippen LogP contribution >= 0.6 is 15.9 Å². The summed E-state index contributed by atoms with van der Waals surface area (Å²) in [5.41, 5.74) is 3.25. The van der Waals surface area contributed by atoms with Gasteiger partial charge >= 0.3 is 0 Å². The Hall–Kier alpha value is -2.92. The fourth-order valence-electron chi connectivity index (χ4n) is 2.90. The van der Waals surface area contributed by atoms with Crippen LogP contribution in [0.15, 0.2) is 77.3 Å². The average Bonchev–Trinajstić information content (AvgIpc) is 3.17. The molecule has 0 spiro atoms. The van der Waals surface area contributed by atoms with Gasteiger partial charge in [-0.3, -0.25) is 9.89 Å². The number of carbonyl (C=O) groups is 1. The Kier molecular flexibility index (Phi) is 4.54. The zero-order valence-corrected chi connectivity index (χ0v) is 15.5. The number of aromatic amines is 1. The van der Waals surface area contributed by atoms with Gasteiger partial charge in [0.05, 0.1) is 5.69 Å². The van der Waals surface area contributed by atoms with Crippen molar-refractivity contribution in [3.8, 4) is 11.3 Å². The number of hydrogen-bond acceptors (Lipinski definition) is 2. The van der Waals surface area contributed by atoms with Crippen molar-refractivity contribution in [1.29, 1.82) is 0 Å². The number of nitrogens with zero attached hydrogens (tertiary/aromatic N) is 1. The molecule has 4 nitrogen and oxygen atoms in total. The van der Waals surface area contributed by atoms with Crippen molar-refractivity contribution >= 4 is 32.6 Å². The molecule has 4 aromatic rings. The third-order valence-corrected chi connectivity index (χ3v) is 4.78. The molecule has 3 aromatic carbocycles. The van der Waals surface area contributed by atoms with E-state index in [0.29, 0.717) is 12.2 Å². The van der Waals surface area contributed by atoms with Crippen LogP contribution in [0.3, 0.4) is 0 Å². The van der Waals surface area contributed by atoms with Crippen molar-refractivity contribution in [2.75, 3.05) is 0 Å². The van der Waals surface area contributed by atoms with Gasteiger partial charge in [-0.05, 0) is 34.5 Å². The average molecular weight is 406 g/mol. The summed E-state index contributed by atoms with van der Waals surface area (Å²) in [7, 11) is 0. The number of H-pyrrole nitrogens is 1. The molecule has 0 aliphatic heterocycles. The van der Waals surface area contributed by atoms with Crippen molar-refractivity contribution < 1.29 is 4.79 Å². The predicted octanol–water partition coefficient (Wildman–Crippen LogP) is 4.92. The molecular formula is C21H16BrN3O. The summed E-state index contributed by atoms with van der Waals surface area (Å²) in [5.74, 6) is -0.174. The molecule has 4 rings (SSSR count). The second-order valence-corrected chi connectivity index (χ2v) is 6.92. The van der Waals surface area contributed by atoms with E-state index in [-0.39, 0.29) is 5.91 Å². The fraction of sp³-hybridized carbons (Fsp3) is 0.0476. The number of halogens is 1. The van der Waals surface area contributed by atoms with E-state index in [1.165, 1.54) is 0 Å². The topological polar surface area (TPSA) is 57.8 Å². The Morgan fingerprint density at radius 3 is 2.62 bits per heavy atom. The van der Waals surface area contributed by atoms with Crippen LogP contribution in [-0.4, -0.2) is 16.1 Å². The number of nitrogens with one attached hydrogen (secondary N) is 2. The maximum Gasteiger partial charge on any atom is 0.269 e. The molecule has 0 saturated carbocycles. The van der Waals surface area contributed by atoms with Crippen molar-refractivity contribution in [2.45, 2.75) is 6.54 Å². The van der Waals surface area contributed by atoms with Gasteiger partial charge in [0.2, 0.25) is 0 Å². The Morgan fingerprint density at radius 2 is 1.77 bits per heavy atom. The summed E-state index contributed by atoms with van der Waals surface area (Å²) < 4.78 is 1.01. The van der Waals surface area contributed by atoms with E-state index >= 15 is 0 Å². The summed E-state index contributed by atoms with van der Waals surface area (Å²) in [6.45, 7) is 0.467. The minimum absolute atomic E-state index is 0.174. The normalized spacial score (nSPS) is 10.8. The molecule has 0 aliphatic rings. The molecule has 0 aliphatic carbocycles. The molecule has 5 heteroatoms. The minimum atomic E-state index is -0.174. The quantitative estimate of drug-likeness (QED) is 0.505. The smallest absolute Gasteiger partial charge is 0.269 e. The van der Waals surface area contributed by atoms with Crippen LogP contribution in [-0.2, 0) is 6.54 Å². The molecule has 26 heavy (non-hydrogen) atoms. The van der Waals surface area contributed by atoms with E-state index in [9.17, 15) is 4.79 Å². The lowest BCUT2D eigenvalue weighted by Gasteiger charge is -2.04. The Labute approximate surface area is 159 Å². The molecule has 1 amide bonds. The van der Waals surface area contributed by atoms with E-state index in [0.717, 1.165) is 32.1 Å². The number of carbonyl (C=O) groups excluding carboxylic acids is 1. The standard InChI is InChI=1S/C21H16BrN3O/c22-16-10-8-14(9-11-16)13-23-21(26)20-12-19(24-25-20)18-7-3-5-15-4-1-2-6-17(15)18/h1-12H,13H2,(H,23,26)(H,24,25). The summed E-state index contributed by atoms with van der Waals surface area (Å²) in [4.78, 5) is 12.4. The first-order chi connectivity index (χ1) is 12.7. The summed E-state index contributed by atoms with van der Waals surface area (Å²) >= 11 is 3.40. The van der Waals surface area contributed by atoms with E-state index in [1.54, 1.807) is 6.07 Å². The molecule has 0 atom stereocenters. The van der Waals surface area contributed by atoms with Gasteiger partial charge in [-0.2, -0.15) is 5.10 Å². The zero-order chi connectivity index (χ0) is 17.9. The molecule has 2 N–H and O–H groups in total. The van der Waals surface area contributed by atoms with Crippen LogP contribution in [0, 0.1) is 0 Å². The van der Waals surface area contributed by atoms with E-state index in [1.807, 2.05) is 48.5 Å². The van der Waals surface area contributed by atoms with Gasteiger partial charge < -0.3 is 5.32 Å². The van der Waals surface area contributed by atoms with E-state index in [2.05, 4.69) is 49.6 Å². The summed E-state index contributed by atoms with van der Waals surface area (Å²) in [5, 5.41) is 12.3. The van der Waals surface area contributed by atoms with Gasteiger partial charge in [-0.25, -0.2) is 0 Å². The highest BCUT2D eigenvalue weighted by Gasteiger charge is 2.12. The lowest BCUT2D eigenvalue weighted by atomic mass is 10.0. The number of benzene rings is 3. The van der Waals surface area contributed by atoms with Crippen molar-refractivity contribution in [3.63, 3.8) is 0 Å². The highest BCUT2D eigenvalue weighted by molar-refractivity contribution is 9.10. The molecule has 0 fully saturated rings. The van der Waals surface area contributed by atoms with Gasteiger partial charge in [-0.1, -0.05) is 70.5 Å². The number of amides is 1. The molecule has 0 bridgehead atoms. The Morgan fingerprint density at radius 1 is 1.00 bits per heavy atom. The maximum absolute atomic E-state index is 12.4. The molecule has 1 heterocycles. The predicted molar refractivity (Wildman–Crippen MR) is 107 cm³/mol. The van der Waals surface area contributed by atoms with Crippen molar-refractivity contribution in [2.24, 2.45) is 0 Å². The minimum Gasteiger partial charge on any atom is -0.347 e.